The van der Waals surface area contributed by atoms with E-state index in [1.807, 2.05) is 24.3 Å². The van der Waals surface area contributed by atoms with Crippen LogP contribution in [0.4, 0.5) is 0 Å². The molecule has 3 aliphatic rings. The van der Waals surface area contributed by atoms with Crippen molar-refractivity contribution in [3.63, 3.8) is 0 Å². The Kier molecular flexibility index (Phi) is 6.72. The summed E-state index contributed by atoms with van der Waals surface area (Å²) in [5.41, 5.74) is 7.51. The van der Waals surface area contributed by atoms with Gasteiger partial charge in [0.2, 0.25) is 0 Å². The van der Waals surface area contributed by atoms with E-state index < -0.39 is 23.5 Å². The number of methoxy groups -OCH3 is 2. The predicted octanol–water partition coefficient (Wildman–Crippen LogP) is 6.63. The number of carbonyl (C=O) groups excluding carboxylic acids is 2. The van der Waals surface area contributed by atoms with Gasteiger partial charge < -0.3 is 14.2 Å². The Morgan fingerprint density at radius 1 is 0.825 bits per heavy atom. The Bertz CT molecular complexity index is 1560. The van der Waals surface area contributed by atoms with Gasteiger partial charge in [0.1, 0.15) is 11.9 Å². The largest absolute Gasteiger partial charge is 0.497 e. The molecular formula is C35H30O5. The molecule has 0 aliphatic heterocycles. The van der Waals surface area contributed by atoms with E-state index in [1.54, 1.807) is 13.2 Å². The van der Waals surface area contributed by atoms with E-state index in [-0.39, 0.29) is 0 Å². The summed E-state index contributed by atoms with van der Waals surface area (Å²) in [5, 5.41) is 0. The summed E-state index contributed by atoms with van der Waals surface area (Å²) in [5.74, 6) is -0.0430. The minimum absolute atomic E-state index is 0.392. The van der Waals surface area contributed by atoms with Gasteiger partial charge >= 0.3 is 11.9 Å². The van der Waals surface area contributed by atoms with Crippen LogP contribution in [0.3, 0.4) is 0 Å². The molecule has 0 spiro atoms. The van der Waals surface area contributed by atoms with E-state index >= 15 is 0 Å². The molecule has 0 saturated heterocycles. The maximum atomic E-state index is 13.0. The van der Waals surface area contributed by atoms with Gasteiger partial charge in [-0.15, -0.1) is 0 Å². The van der Waals surface area contributed by atoms with Crippen molar-refractivity contribution >= 4 is 11.9 Å². The van der Waals surface area contributed by atoms with Gasteiger partial charge in [0.15, 0.2) is 0 Å². The molecule has 0 aromatic heterocycles. The van der Waals surface area contributed by atoms with Crippen LogP contribution in [0.5, 0.6) is 5.75 Å². The highest BCUT2D eigenvalue weighted by molar-refractivity contribution is 5.97. The summed E-state index contributed by atoms with van der Waals surface area (Å²) in [6, 6.07) is 25.4. The molecule has 6 rings (SSSR count). The Labute approximate surface area is 234 Å². The number of fused-ring (bicyclic) bond motifs is 3. The van der Waals surface area contributed by atoms with Crippen LogP contribution in [-0.4, -0.2) is 32.3 Å². The molecule has 0 heterocycles. The average Bonchev–Trinajstić information content (AvgIpc) is 3.32. The Morgan fingerprint density at radius 3 is 2.10 bits per heavy atom. The molecule has 0 amide bonds. The molecular weight excluding hydrogens is 500 g/mol. The third-order valence-electron chi connectivity index (χ3n) is 8.02. The van der Waals surface area contributed by atoms with E-state index in [0.29, 0.717) is 30.4 Å². The quantitative estimate of drug-likeness (QED) is 0.335. The summed E-state index contributed by atoms with van der Waals surface area (Å²) in [4.78, 5) is 24.9. The predicted molar refractivity (Wildman–Crippen MR) is 154 cm³/mol. The van der Waals surface area contributed by atoms with E-state index in [1.165, 1.54) is 29.4 Å². The lowest BCUT2D eigenvalue weighted by Crippen LogP contribution is -2.31. The van der Waals surface area contributed by atoms with Gasteiger partial charge in [-0.3, -0.25) is 0 Å². The van der Waals surface area contributed by atoms with Crippen molar-refractivity contribution in [3.05, 3.63) is 137 Å². The summed E-state index contributed by atoms with van der Waals surface area (Å²) in [6.45, 7) is 0. The highest BCUT2D eigenvalue weighted by atomic mass is 16.5. The number of ether oxygens (including phenoxy) is 3. The molecule has 3 aromatic carbocycles. The fourth-order valence-corrected chi connectivity index (χ4v) is 6.17. The molecule has 3 aliphatic carbocycles. The van der Waals surface area contributed by atoms with Crippen molar-refractivity contribution in [2.75, 3.05) is 14.2 Å². The minimum atomic E-state index is -0.519. The van der Waals surface area contributed by atoms with Gasteiger partial charge in [-0.25, -0.2) is 9.59 Å². The molecule has 0 bridgehead atoms. The molecule has 5 nitrogen and oxygen atoms in total. The first-order chi connectivity index (χ1) is 19.6. The number of esters is 2. The van der Waals surface area contributed by atoms with Crippen LogP contribution < -0.4 is 4.74 Å². The summed E-state index contributed by atoms with van der Waals surface area (Å²) >= 11 is 0. The van der Waals surface area contributed by atoms with E-state index in [4.69, 9.17) is 14.2 Å². The standard InChI is InChI=1S/C35H30O5/c1-38-27-18-14-25(15-19-27)35(31-12-5-3-10-29(31)30-11-4-6-13-32(30)35)26-16-20-28(21-17-26)40-34(37)24-9-7-8-23(22-24)33(36)39-2/h3-6,9-20,22,28H,7-8,21H2,1-2H3. The first-order valence-corrected chi connectivity index (χ1v) is 13.5. The molecule has 5 heteroatoms. The number of allylic oxidation sites excluding steroid dienone is 3. The highest BCUT2D eigenvalue weighted by Crippen LogP contribution is 2.57. The molecule has 40 heavy (non-hydrogen) atoms. The second kappa shape index (κ2) is 10.5. The Morgan fingerprint density at radius 2 is 1.50 bits per heavy atom. The van der Waals surface area contributed by atoms with Crippen LogP contribution in [-0.2, 0) is 24.5 Å². The topological polar surface area (TPSA) is 61.8 Å². The normalized spacial score (nSPS) is 18.4. The average molecular weight is 531 g/mol. The van der Waals surface area contributed by atoms with Gasteiger partial charge in [-0.1, -0.05) is 78.9 Å². The van der Waals surface area contributed by atoms with Gasteiger partial charge in [0.05, 0.1) is 25.2 Å². The maximum absolute atomic E-state index is 13.0. The first kappa shape index (κ1) is 25.6. The monoisotopic (exact) mass is 530 g/mol. The zero-order valence-electron chi connectivity index (χ0n) is 22.6. The minimum Gasteiger partial charge on any atom is -0.497 e. The fourth-order valence-electron chi connectivity index (χ4n) is 6.17. The van der Waals surface area contributed by atoms with Crippen LogP contribution in [0.15, 0.2) is 120 Å². The van der Waals surface area contributed by atoms with Gasteiger partial charge in [0, 0.05) is 12.0 Å². The lowest BCUT2D eigenvalue weighted by molar-refractivity contribution is -0.141. The maximum Gasteiger partial charge on any atom is 0.338 e. The number of hydrogen-bond donors (Lipinski definition) is 0. The number of rotatable bonds is 6. The summed E-state index contributed by atoms with van der Waals surface area (Å²) in [6.07, 6.45) is 10.9. The summed E-state index contributed by atoms with van der Waals surface area (Å²) < 4.78 is 16.1. The number of benzene rings is 3. The summed E-state index contributed by atoms with van der Waals surface area (Å²) in [7, 11) is 3.02. The molecule has 0 radical (unpaired) electrons. The molecule has 3 aromatic rings. The third-order valence-corrected chi connectivity index (χ3v) is 8.02. The van der Waals surface area contributed by atoms with E-state index in [0.717, 1.165) is 16.9 Å². The van der Waals surface area contributed by atoms with Crippen molar-refractivity contribution in [1.29, 1.82) is 0 Å². The SMILES string of the molecule is COC(=O)C1=CC(C(=O)OC2C=CC(C3(c4ccc(OC)cc4)c4ccccc4-c4ccccc43)=CC2)=CCC1. The van der Waals surface area contributed by atoms with Gasteiger partial charge in [0.25, 0.3) is 0 Å². The van der Waals surface area contributed by atoms with Crippen molar-refractivity contribution < 1.29 is 23.8 Å². The van der Waals surface area contributed by atoms with Crippen LogP contribution in [0, 0.1) is 0 Å². The molecule has 200 valence electrons. The highest BCUT2D eigenvalue weighted by Gasteiger charge is 2.47. The van der Waals surface area contributed by atoms with E-state index in [9.17, 15) is 9.59 Å². The van der Waals surface area contributed by atoms with E-state index in [2.05, 4.69) is 72.8 Å². The Hall–Kier alpha value is -4.64. The van der Waals surface area contributed by atoms with Crippen molar-refractivity contribution in [3.8, 4) is 16.9 Å². The van der Waals surface area contributed by atoms with Crippen molar-refractivity contribution in [2.45, 2.75) is 30.8 Å². The second-order valence-corrected chi connectivity index (χ2v) is 10.1. The smallest absolute Gasteiger partial charge is 0.338 e. The van der Waals surface area contributed by atoms with Gasteiger partial charge in [-0.05, 0) is 70.5 Å². The molecule has 1 unspecified atom stereocenters. The van der Waals surface area contributed by atoms with Crippen LogP contribution in [0.2, 0.25) is 0 Å². The zero-order valence-corrected chi connectivity index (χ0v) is 22.6. The van der Waals surface area contributed by atoms with Crippen LogP contribution in [0.25, 0.3) is 11.1 Å². The van der Waals surface area contributed by atoms with Crippen LogP contribution >= 0.6 is 0 Å². The first-order valence-electron chi connectivity index (χ1n) is 13.5. The zero-order chi connectivity index (χ0) is 27.7. The Balaban J connectivity index is 1.35. The molecule has 0 saturated carbocycles. The lowest BCUT2D eigenvalue weighted by atomic mass is 9.66. The van der Waals surface area contributed by atoms with Gasteiger partial charge in [-0.2, -0.15) is 0 Å². The fraction of sp³-hybridized carbons (Fsp3) is 0.200. The van der Waals surface area contributed by atoms with Crippen LogP contribution in [0.1, 0.15) is 36.0 Å². The van der Waals surface area contributed by atoms with Crippen molar-refractivity contribution in [1.82, 2.24) is 0 Å². The molecule has 0 N–H and O–H groups in total. The molecule has 0 fully saturated rings. The number of carbonyl (C=O) groups is 2. The third kappa shape index (κ3) is 4.19. The second-order valence-electron chi connectivity index (χ2n) is 10.1. The van der Waals surface area contributed by atoms with Crippen molar-refractivity contribution in [2.24, 2.45) is 0 Å². The molecule has 1 atom stereocenters. The number of hydrogen-bond acceptors (Lipinski definition) is 5. The lowest BCUT2D eigenvalue weighted by Gasteiger charge is -2.36.